The van der Waals surface area contributed by atoms with E-state index >= 15 is 8.78 Å². The number of carbonyl (C=O) groups is 4. The molecule has 3 aromatic heterocycles. The second-order valence-electron chi connectivity index (χ2n) is 20.9. The van der Waals surface area contributed by atoms with Crippen molar-refractivity contribution in [2.75, 3.05) is 64.7 Å². The minimum Gasteiger partial charge on any atom is -0.386 e. The van der Waals surface area contributed by atoms with E-state index in [1.165, 1.54) is 29.0 Å². The number of hydrogen-bond acceptors (Lipinski definition) is 10. The average Bonchev–Trinajstić information content (AvgIpc) is 4.07. The van der Waals surface area contributed by atoms with E-state index in [1.54, 1.807) is 28.8 Å². The van der Waals surface area contributed by atoms with Crippen LogP contribution in [0.4, 0.5) is 24.5 Å². The van der Waals surface area contributed by atoms with Crippen molar-refractivity contribution in [2.45, 2.75) is 88.8 Å². The zero-order chi connectivity index (χ0) is 50.2. The van der Waals surface area contributed by atoms with Crippen molar-refractivity contribution in [2.24, 2.45) is 13.0 Å². The van der Waals surface area contributed by atoms with Crippen LogP contribution in [0.2, 0.25) is 0 Å². The average molecular weight is 986 g/mol. The predicted octanol–water partition coefficient (Wildman–Crippen LogP) is 5.71. The number of halogens is 3. The number of pyridine rings is 2. The molecular formula is C54H60F3N10O5+. The van der Waals surface area contributed by atoms with E-state index in [-0.39, 0.29) is 58.9 Å². The van der Waals surface area contributed by atoms with Gasteiger partial charge in [-0.1, -0.05) is 6.07 Å². The number of imide groups is 1. The quantitative estimate of drug-likeness (QED) is 0.132. The Kier molecular flexibility index (Phi) is 12.5. The van der Waals surface area contributed by atoms with Crippen LogP contribution in [0.25, 0.3) is 16.7 Å². The second-order valence-corrected chi connectivity index (χ2v) is 20.9. The third-order valence-electron chi connectivity index (χ3n) is 16.5. The number of amides is 4. The van der Waals surface area contributed by atoms with Gasteiger partial charge in [-0.3, -0.25) is 43.8 Å². The summed E-state index contributed by atoms with van der Waals surface area (Å²) >= 11 is 0. The lowest BCUT2D eigenvalue weighted by Gasteiger charge is -2.42. The van der Waals surface area contributed by atoms with Crippen LogP contribution in [0.1, 0.15) is 97.0 Å². The van der Waals surface area contributed by atoms with E-state index in [1.807, 2.05) is 23.7 Å². The summed E-state index contributed by atoms with van der Waals surface area (Å²) < 4.78 is 51.3. The van der Waals surface area contributed by atoms with Crippen molar-refractivity contribution < 1.29 is 36.9 Å². The molecule has 0 bridgehead atoms. The maximum absolute atomic E-state index is 15.9. The molecule has 6 aliphatic rings. The van der Waals surface area contributed by atoms with Crippen LogP contribution in [0.15, 0.2) is 65.7 Å². The van der Waals surface area contributed by atoms with Gasteiger partial charge in [-0.15, -0.1) is 4.58 Å². The van der Waals surface area contributed by atoms with Gasteiger partial charge < -0.3 is 14.8 Å². The van der Waals surface area contributed by atoms with Crippen molar-refractivity contribution >= 4 is 51.7 Å². The van der Waals surface area contributed by atoms with Crippen LogP contribution in [0.3, 0.4) is 0 Å². The van der Waals surface area contributed by atoms with Gasteiger partial charge in [0.25, 0.3) is 17.2 Å². The molecule has 11 rings (SSSR count). The molecule has 15 nitrogen and oxygen atoms in total. The number of likely N-dealkylation sites (tertiary alicyclic amines) is 2. The molecule has 4 saturated heterocycles. The third kappa shape index (κ3) is 8.63. The molecule has 2 N–H and O–H groups in total. The minimum absolute atomic E-state index is 0.0347. The van der Waals surface area contributed by atoms with Crippen molar-refractivity contribution in [3.63, 3.8) is 0 Å². The van der Waals surface area contributed by atoms with Crippen molar-refractivity contribution in [3.8, 4) is 5.69 Å². The molecule has 1 spiro atoms. The Hall–Kier alpha value is -6.50. The van der Waals surface area contributed by atoms with Gasteiger partial charge >= 0.3 is 11.8 Å². The van der Waals surface area contributed by atoms with Crippen molar-refractivity contribution in [1.82, 2.24) is 39.0 Å². The molecule has 5 fully saturated rings. The fourth-order valence-electron chi connectivity index (χ4n) is 12.2. The van der Waals surface area contributed by atoms with Gasteiger partial charge in [0.2, 0.25) is 11.6 Å². The van der Waals surface area contributed by atoms with E-state index in [9.17, 15) is 28.4 Å². The summed E-state index contributed by atoms with van der Waals surface area (Å²) in [4.78, 5) is 78.4. The number of fused-ring (bicyclic) bond motifs is 3. The third-order valence-corrected chi connectivity index (χ3v) is 16.5. The van der Waals surface area contributed by atoms with Gasteiger partial charge in [0, 0.05) is 131 Å². The fourth-order valence-corrected chi connectivity index (χ4v) is 12.2. The number of anilines is 1. The Morgan fingerprint density at radius 3 is 2.31 bits per heavy atom. The number of nitrogens with zero attached hydrogens (tertiary/aromatic N) is 8. The first-order valence-corrected chi connectivity index (χ1v) is 25.4. The van der Waals surface area contributed by atoms with Crippen LogP contribution < -0.4 is 16.2 Å². The lowest BCUT2D eigenvalue weighted by atomic mass is 9.87. The van der Waals surface area contributed by atoms with Crippen molar-refractivity contribution in [1.29, 1.82) is 0 Å². The molecule has 376 valence electrons. The first kappa shape index (κ1) is 47.8. The Morgan fingerprint density at radius 2 is 1.61 bits per heavy atom. The highest BCUT2D eigenvalue weighted by Crippen LogP contribution is 2.57. The van der Waals surface area contributed by atoms with Gasteiger partial charge in [0.15, 0.2) is 5.82 Å². The van der Waals surface area contributed by atoms with Gasteiger partial charge in [-0.2, -0.15) is 0 Å². The highest BCUT2D eigenvalue weighted by atomic mass is 19.1. The Bertz CT molecular complexity index is 3120. The molecule has 8 heterocycles. The first-order valence-electron chi connectivity index (χ1n) is 25.4. The largest absolute Gasteiger partial charge is 0.403 e. The van der Waals surface area contributed by atoms with Crippen LogP contribution in [-0.2, 0) is 39.9 Å². The highest BCUT2D eigenvalue weighted by Gasteiger charge is 2.66. The molecule has 0 radical (unpaired) electrons. The number of hydrogen-bond donors (Lipinski definition) is 2. The number of aromatic nitrogens is 3. The summed E-state index contributed by atoms with van der Waals surface area (Å²) in [5, 5.41) is 5.77. The summed E-state index contributed by atoms with van der Waals surface area (Å²) in [5.74, 6) is -3.08. The molecule has 5 aliphatic heterocycles. The second kappa shape index (κ2) is 18.8. The summed E-state index contributed by atoms with van der Waals surface area (Å²) in [6.07, 6.45) is 7.41. The Morgan fingerprint density at radius 1 is 0.861 bits per heavy atom. The van der Waals surface area contributed by atoms with E-state index in [0.29, 0.717) is 80.0 Å². The number of nitrogens with one attached hydrogen (secondary N) is 2. The number of carbonyl (C=O) groups excluding carboxylic acids is 4. The van der Waals surface area contributed by atoms with Gasteiger partial charge in [0.1, 0.15) is 22.7 Å². The van der Waals surface area contributed by atoms with Crippen LogP contribution in [0, 0.1) is 23.4 Å². The number of benzene rings is 2. The van der Waals surface area contributed by atoms with Crippen LogP contribution in [0.5, 0.6) is 0 Å². The molecule has 0 unspecified atom stereocenters. The molecular weight excluding hydrogens is 926 g/mol. The summed E-state index contributed by atoms with van der Waals surface area (Å²) in [6, 6.07) is 13.8. The Balaban J connectivity index is 0.659. The maximum atomic E-state index is 15.9. The lowest BCUT2D eigenvalue weighted by molar-refractivity contribution is -0.363. The topological polar surface area (TPSA) is 148 Å². The summed E-state index contributed by atoms with van der Waals surface area (Å²) in [6.45, 7) is 9.40. The molecule has 5 aromatic rings. The normalized spacial score (nSPS) is 22.3. The standard InChI is InChI=1S/C54H59F3N10O5/c1-32-27-63(28-34-4-5-45-39(22-34)54(13-14-54)53(72)67(45)46-6-7-47(68)60-51(46)70)20-21-65(32)29-33-9-18-64(19-10-33)52(71)36-23-40(55)49(41(56)24-36)35-11-16-62(17-12-35)30-37-25-38-44(8-15-59-50(38)61(37)3)66-31-42(57)43(58-2)26-48(66)69/h4-5,8,15,22-26,31-33,35H,6-7,9-14,16-21,27-30H2,1-3H3,(H-,58,60,68,69,70)/p+1/t32-/m0/s1. The molecule has 1 aliphatic carbocycles. The Labute approximate surface area is 415 Å². The summed E-state index contributed by atoms with van der Waals surface area (Å²) in [7, 11) is 3.45. The molecule has 72 heavy (non-hydrogen) atoms. The number of aryl methyl sites for hydroxylation is 1. The van der Waals surface area contributed by atoms with Gasteiger partial charge in [-0.05, 0) is 106 Å². The SMILES string of the molecule is CNc1cc(=O)n(-c2ccnc3c2cc(CN2CCC(c4c(F)cc(C(=O)N5CCC(CN6CCN(Cc7ccc8c(c7)C7(CC7)C(=O)[N+]8=C7CCC(=O)NC7=O)C[C@@H]6C)CC5)cc4F)CC2)n3C)cc1F. The molecule has 1 saturated carbocycles. The predicted molar refractivity (Wildman–Crippen MR) is 264 cm³/mol. The summed E-state index contributed by atoms with van der Waals surface area (Å²) in [5.41, 5.74) is 4.55. The monoisotopic (exact) mass is 985 g/mol. The van der Waals surface area contributed by atoms with Gasteiger partial charge in [0.05, 0.1) is 17.6 Å². The van der Waals surface area contributed by atoms with E-state index in [4.69, 9.17) is 0 Å². The maximum Gasteiger partial charge on any atom is 0.403 e. The van der Waals surface area contributed by atoms with Gasteiger partial charge in [-0.25, -0.2) is 22.9 Å². The highest BCUT2D eigenvalue weighted by molar-refractivity contribution is 6.42. The molecule has 2 aromatic carbocycles. The zero-order valence-electron chi connectivity index (χ0n) is 41.0. The number of rotatable bonds is 10. The fraction of sp³-hybridized carbons (Fsp3) is 0.463. The minimum atomic E-state index is -0.685. The lowest BCUT2D eigenvalue weighted by Crippen LogP contribution is -2.53. The smallest absolute Gasteiger partial charge is 0.386 e. The number of piperidine rings is 3. The van der Waals surface area contributed by atoms with E-state index < -0.39 is 28.8 Å². The number of piperazine rings is 1. The van der Waals surface area contributed by atoms with Crippen LogP contribution in [-0.4, -0.2) is 133 Å². The molecule has 4 amide bonds. The van der Waals surface area contributed by atoms with Crippen molar-refractivity contribution in [3.05, 3.63) is 117 Å². The first-order chi connectivity index (χ1) is 34.7. The molecule has 18 heteroatoms. The van der Waals surface area contributed by atoms with E-state index in [2.05, 4.69) is 49.4 Å². The van der Waals surface area contributed by atoms with E-state index in [0.717, 1.165) is 80.9 Å². The van der Waals surface area contributed by atoms with Crippen LogP contribution >= 0.6 is 0 Å². The zero-order valence-corrected chi connectivity index (χ0v) is 41.0. The molecule has 1 atom stereocenters.